The third-order valence-electron chi connectivity index (χ3n) is 4.15. The molecule has 0 atom stereocenters. The van der Waals surface area contributed by atoms with E-state index in [4.69, 9.17) is 0 Å². The summed E-state index contributed by atoms with van der Waals surface area (Å²) in [6, 6.07) is 13.2. The molecule has 0 heterocycles. The number of carbonyl (C=O) groups excluding carboxylic acids is 1. The zero-order valence-corrected chi connectivity index (χ0v) is 14.7. The molecule has 0 aliphatic carbocycles. The number of rotatable bonds is 7. The predicted octanol–water partition coefficient (Wildman–Crippen LogP) is 3.98. The molecule has 24 heavy (non-hydrogen) atoms. The topological polar surface area (TPSA) is 52.6 Å². The van der Waals surface area contributed by atoms with Gasteiger partial charge in [0.1, 0.15) is 0 Å². The van der Waals surface area contributed by atoms with Crippen molar-refractivity contribution in [1.29, 1.82) is 0 Å². The van der Waals surface area contributed by atoms with Gasteiger partial charge in [0.2, 0.25) is 0 Å². The highest BCUT2D eigenvalue weighted by atomic mass is 16.3. The Balaban J connectivity index is 2.07. The Morgan fingerprint density at radius 2 is 1.88 bits per heavy atom. The summed E-state index contributed by atoms with van der Waals surface area (Å²) in [4.78, 5) is 14.6. The van der Waals surface area contributed by atoms with Crippen LogP contribution in [-0.2, 0) is 6.61 Å². The van der Waals surface area contributed by atoms with E-state index in [2.05, 4.69) is 24.2 Å². The normalized spacial score (nSPS) is 10.5. The van der Waals surface area contributed by atoms with Crippen molar-refractivity contribution in [3.63, 3.8) is 0 Å². The molecule has 4 nitrogen and oxygen atoms in total. The monoisotopic (exact) mass is 326 g/mol. The van der Waals surface area contributed by atoms with Crippen molar-refractivity contribution in [3.05, 3.63) is 59.2 Å². The molecule has 128 valence electrons. The summed E-state index contributed by atoms with van der Waals surface area (Å²) in [5.41, 5.74) is 4.21. The molecule has 0 radical (unpaired) electrons. The summed E-state index contributed by atoms with van der Waals surface area (Å²) in [6.45, 7) is 5.08. The summed E-state index contributed by atoms with van der Waals surface area (Å²) in [5, 5.41) is 12.2. The largest absolute Gasteiger partial charge is 0.392 e. The van der Waals surface area contributed by atoms with Crippen LogP contribution in [0, 0.1) is 6.92 Å². The van der Waals surface area contributed by atoms with Crippen LogP contribution >= 0.6 is 0 Å². The van der Waals surface area contributed by atoms with Gasteiger partial charge in [-0.3, -0.25) is 4.79 Å². The summed E-state index contributed by atoms with van der Waals surface area (Å²) in [5.74, 6) is -0.143. The van der Waals surface area contributed by atoms with Crippen LogP contribution in [0.2, 0.25) is 0 Å². The van der Waals surface area contributed by atoms with E-state index in [0.717, 1.165) is 41.9 Å². The maximum atomic E-state index is 12.4. The zero-order chi connectivity index (χ0) is 17.5. The minimum Gasteiger partial charge on any atom is -0.392 e. The summed E-state index contributed by atoms with van der Waals surface area (Å²) in [6.07, 6.45) is 2.32. The fraction of sp³-hybridized carbons (Fsp3) is 0.350. The highest BCUT2D eigenvalue weighted by Crippen LogP contribution is 2.19. The lowest BCUT2D eigenvalue weighted by Gasteiger charge is -2.19. The third-order valence-corrected chi connectivity index (χ3v) is 4.15. The molecule has 0 aliphatic heterocycles. The number of amides is 1. The molecule has 2 aromatic carbocycles. The van der Waals surface area contributed by atoms with E-state index < -0.39 is 0 Å². The SMILES string of the molecule is CCCCN(C)c1ccc(C(=O)Nc2cc(CO)ccc2C)cc1. The van der Waals surface area contributed by atoms with E-state index in [1.54, 1.807) is 6.07 Å². The van der Waals surface area contributed by atoms with E-state index in [-0.39, 0.29) is 12.5 Å². The number of aliphatic hydroxyl groups is 1. The smallest absolute Gasteiger partial charge is 0.255 e. The van der Waals surface area contributed by atoms with Gasteiger partial charge in [-0.15, -0.1) is 0 Å². The van der Waals surface area contributed by atoms with E-state index in [1.165, 1.54) is 0 Å². The minimum absolute atomic E-state index is 0.0397. The first-order chi connectivity index (χ1) is 11.5. The Kier molecular flexibility index (Phi) is 6.38. The molecule has 0 aromatic heterocycles. The predicted molar refractivity (Wildman–Crippen MR) is 99.7 cm³/mol. The fourth-order valence-electron chi connectivity index (χ4n) is 2.49. The zero-order valence-electron chi connectivity index (χ0n) is 14.7. The number of anilines is 2. The fourth-order valence-corrected chi connectivity index (χ4v) is 2.49. The second-order valence-corrected chi connectivity index (χ2v) is 6.08. The quantitative estimate of drug-likeness (QED) is 0.809. The molecule has 0 bridgehead atoms. The maximum absolute atomic E-state index is 12.4. The molecule has 2 rings (SSSR count). The summed E-state index contributed by atoms with van der Waals surface area (Å²) >= 11 is 0. The number of nitrogens with zero attached hydrogens (tertiary/aromatic N) is 1. The summed E-state index contributed by atoms with van der Waals surface area (Å²) < 4.78 is 0. The number of aryl methyl sites for hydroxylation is 1. The van der Waals surface area contributed by atoms with Gasteiger partial charge in [0, 0.05) is 30.5 Å². The number of hydrogen-bond donors (Lipinski definition) is 2. The molecule has 4 heteroatoms. The molecule has 0 saturated carbocycles. The number of hydrogen-bond acceptors (Lipinski definition) is 3. The maximum Gasteiger partial charge on any atom is 0.255 e. The number of unbranched alkanes of at least 4 members (excludes halogenated alkanes) is 1. The molecular formula is C20H26N2O2. The van der Waals surface area contributed by atoms with Gasteiger partial charge in [0.25, 0.3) is 5.91 Å². The summed E-state index contributed by atoms with van der Waals surface area (Å²) in [7, 11) is 2.06. The molecule has 2 N–H and O–H groups in total. The number of nitrogens with one attached hydrogen (secondary N) is 1. The van der Waals surface area contributed by atoms with Gasteiger partial charge in [-0.1, -0.05) is 25.5 Å². The van der Waals surface area contributed by atoms with Crippen molar-refractivity contribution in [2.75, 3.05) is 23.8 Å². The molecule has 2 aromatic rings. The van der Waals surface area contributed by atoms with Crippen molar-refractivity contribution in [2.45, 2.75) is 33.3 Å². The van der Waals surface area contributed by atoms with Gasteiger partial charge in [0.05, 0.1) is 6.61 Å². The van der Waals surface area contributed by atoms with E-state index >= 15 is 0 Å². The van der Waals surface area contributed by atoms with Crippen LogP contribution in [0.4, 0.5) is 11.4 Å². The van der Waals surface area contributed by atoms with Crippen LogP contribution in [0.5, 0.6) is 0 Å². The number of benzene rings is 2. The molecule has 0 saturated heterocycles. The van der Waals surface area contributed by atoms with Gasteiger partial charge in [-0.25, -0.2) is 0 Å². The lowest BCUT2D eigenvalue weighted by Crippen LogP contribution is -2.18. The molecule has 1 amide bonds. The van der Waals surface area contributed by atoms with Crippen LogP contribution in [0.1, 0.15) is 41.3 Å². The van der Waals surface area contributed by atoms with Crippen LogP contribution in [0.3, 0.4) is 0 Å². The Bertz CT molecular complexity index is 681. The van der Waals surface area contributed by atoms with Crippen LogP contribution in [0.15, 0.2) is 42.5 Å². The second kappa shape index (κ2) is 8.50. The standard InChI is InChI=1S/C20H26N2O2/c1-4-5-12-22(3)18-10-8-17(9-11-18)20(24)21-19-13-16(14-23)7-6-15(19)2/h6-11,13,23H,4-5,12,14H2,1-3H3,(H,21,24). The first-order valence-electron chi connectivity index (χ1n) is 8.38. The average molecular weight is 326 g/mol. The Labute approximate surface area is 144 Å². The van der Waals surface area contributed by atoms with E-state index in [1.807, 2.05) is 43.3 Å². The first-order valence-corrected chi connectivity index (χ1v) is 8.38. The highest BCUT2D eigenvalue weighted by Gasteiger charge is 2.09. The molecule has 0 unspecified atom stereocenters. The van der Waals surface area contributed by atoms with Crippen molar-refractivity contribution in [2.24, 2.45) is 0 Å². The Morgan fingerprint density at radius 1 is 1.17 bits per heavy atom. The number of carbonyl (C=O) groups is 1. The Hall–Kier alpha value is -2.33. The van der Waals surface area contributed by atoms with Gasteiger partial charge in [0.15, 0.2) is 0 Å². The van der Waals surface area contributed by atoms with Crippen molar-refractivity contribution in [1.82, 2.24) is 0 Å². The minimum atomic E-state index is -0.143. The van der Waals surface area contributed by atoms with E-state index in [0.29, 0.717) is 5.56 Å². The van der Waals surface area contributed by atoms with Crippen LogP contribution < -0.4 is 10.2 Å². The second-order valence-electron chi connectivity index (χ2n) is 6.08. The molecular weight excluding hydrogens is 300 g/mol. The van der Waals surface area contributed by atoms with Crippen LogP contribution in [-0.4, -0.2) is 24.6 Å². The van der Waals surface area contributed by atoms with Gasteiger partial charge in [-0.2, -0.15) is 0 Å². The van der Waals surface area contributed by atoms with E-state index in [9.17, 15) is 9.90 Å². The molecule has 0 aliphatic rings. The van der Waals surface area contributed by atoms with Gasteiger partial charge < -0.3 is 15.3 Å². The molecule has 0 spiro atoms. The van der Waals surface area contributed by atoms with Gasteiger partial charge >= 0.3 is 0 Å². The molecule has 0 fully saturated rings. The number of aliphatic hydroxyl groups excluding tert-OH is 1. The highest BCUT2D eigenvalue weighted by molar-refractivity contribution is 6.04. The third kappa shape index (κ3) is 4.59. The van der Waals surface area contributed by atoms with Gasteiger partial charge in [-0.05, 0) is 54.8 Å². The first kappa shape index (κ1) is 18.0. The van der Waals surface area contributed by atoms with Crippen molar-refractivity contribution in [3.8, 4) is 0 Å². The van der Waals surface area contributed by atoms with Crippen LogP contribution in [0.25, 0.3) is 0 Å². The lowest BCUT2D eigenvalue weighted by atomic mass is 10.1. The Morgan fingerprint density at radius 3 is 2.50 bits per heavy atom. The average Bonchev–Trinajstić information content (AvgIpc) is 2.61. The van der Waals surface area contributed by atoms with Crippen molar-refractivity contribution < 1.29 is 9.90 Å². The lowest BCUT2D eigenvalue weighted by molar-refractivity contribution is 0.102. The van der Waals surface area contributed by atoms with Crippen molar-refractivity contribution >= 4 is 17.3 Å².